The summed E-state index contributed by atoms with van der Waals surface area (Å²) in [6.45, 7) is 2.69. The van der Waals surface area contributed by atoms with Gasteiger partial charge in [-0.25, -0.2) is 0 Å². The van der Waals surface area contributed by atoms with Crippen LogP contribution < -0.4 is 10.6 Å². The van der Waals surface area contributed by atoms with E-state index in [2.05, 4.69) is 15.5 Å². The van der Waals surface area contributed by atoms with Crippen LogP contribution in [0.3, 0.4) is 0 Å². The molecule has 2 aliphatic carbocycles. The van der Waals surface area contributed by atoms with Crippen molar-refractivity contribution < 1.29 is 4.79 Å². The number of hydrogen-bond acceptors (Lipinski definition) is 3. The topological polar surface area (TPSA) is 44.4 Å². The molecule has 0 aromatic carbocycles. The fourth-order valence-electron chi connectivity index (χ4n) is 4.29. The van der Waals surface area contributed by atoms with Gasteiger partial charge in [0.05, 0.1) is 6.54 Å². The van der Waals surface area contributed by atoms with Gasteiger partial charge in [-0.05, 0) is 43.9 Å². The summed E-state index contributed by atoms with van der Waals surface area (Å²) in [5, 5.41) is 6.61. The summed E-state index contributed by atoms with van der Waals surface area (Å²) in [6.07, 6.45) is 8.23. The molecule has 3 rings (SSSR count). The largest absolute Gasteiger partial charge is 0.358 e. The Morgan fingerprint density at radius 1 is 1.16 bits per heavy atom. The smallest absolute Gasteiger partial charge is 0.233 e. The van der Waals surface area contributed by atoms with Gasteiger partial charge in [-0.2, -0.15) is 0 Å². The zero-order valence-corrected chi connectivity index (χ0v) is 12.0. The Morgan fingerprint density at radius 2 is 1.95 bits per heavy atom. The molecule has 19 heavy (non-hydrogen) atoms. The van der Waals surface area contributed by atoms with E-state index in [4.69, 9.17) is 0 Å². The zero-order chi connectivity index (χ0) is 13.2. The van der Waals surface area contributed by atoms with Crippen molar-refractivity contribution in [3.63, 3.8) is 0 Å². The van der Waals surface area contributed by atoms with Crippen molar-refractivity contribution in [2.45, 2.75) is 50.6 Å². The maximum Gasteiger partial charge on any atom is 0.233 e. The Labute approximate surface area is 116 Å². The average Bonchev–Trinajstić information content (AvgIpc) is 3.03. The molecule has 3 atom stereocenters. The highest BCUT2D eigenvalue weighted by atomic mass is 16.1. The van der Waals surface area contributed by atoms with Gasteiger partial charge in [0.25, 0.3) is 0 Å². The normalized spacial score (nSPS) is 35.7. The van der Waals surface area contributed by atoms with Gasteiger partial charge in [-0.1, -0.05) is 6.42 Å². The molecular formula is C15H27N3O. The first-order valence-corrected chi connectivity index (χ1v) is 7.93. The van der Waals surface area contributed by atoms with Crippen LogP contribution in [-0.2, 0) is 4.79 Å². The highest BCUT2D eigenvalue weighted by Gasteiger charge is 2.40. The van der Waals surface area contributed by atoms with Gasteiger partial charge in [-0.3, -0.25) is 9.69 Å². The van der Waals surface area contributed by atoms with Crippen LogP contribution >= 0.6 is 0 Å². The molecule has 2 N–H and O–H groups in total. The van der Waals surface area contributed by atoms with E-state index in [0.29, 0.717) is 12.6 Å². The lowest BCUT2D eigenvalue weighted by Crippen LogP contribution is -2.49. The predicted molar refractivity (Wildman–Crippen MR) is 75.9 cm³/mol. The van der Waals surface area contributed by atoms with Crippen molar-refractivity contribution in [3.05, 3.63) is 0 Å². The lowest BCUT2D eigenvalue weighted by molar-refractivity contribution is -0.122. The first kappa shape index (κ1) is 13.4. The molecule has 1 aliphatic heterocycles. The van der Waals surface area contributed by atoms with E-state index in [9.17, 15) is 4.79 Å². The SMILES string of the molecule is CNC(=O)CN1CCC(NC2CC3CCC2C3)CC1. The van der Waals surface area contributed by atoms with E-state index in [1.54, 1.807) is 7.05 Å². The predicted octanol–water partition coefficient (Wildman–Crippen LogP) is 0.975. The summed E-state index contributed by atoms with van der Waals surface area (Å²) in [6, 6.07) is 1.49. The summed E-state index contributed by atoms with van der Waals surface area (Å²) in [5.41, 5.74) is 0. The summed E-state index contributed by atoms with van der Waals surface area (Å²) in [7, 11) is 1.71. The van der Waals surface area contributed by atoms with Crippen molar-refractivity contribution in [2.24, 2.45) is 11.8 Å². The molecule has 0 radical (unpaired) electrons. The van der Waals surface area contributed by atoms with E-state index in [1.807, 2.05) is 0 Å². The van der Waals surface area contributed by atoms with E-state index in [0.717, 1.165) is 31.0 Å². The van der Waals surface area contributed by atoms with Gasteiger partial charge in [0.15, 0.2) is 0 Å². The summed E-state index contributed by atoms with van der Waals surface area (Å²) in [4.78, 5) is 13.6. The number of likely N-dealkylation sites (tertiary alicyclic amines) is 1. The molecule has 1 saturated heterocycles. The molecule has 4 heteroatoms. The fourth-order valence-corrected chi connectivity index (χ4v) is 4.29. The molecule has 1 heterocycles. The van der Waals surface area contributed by atoms with Gasteiger partial charge in [0, 0.05) is 32.2 Å². The number of amides is 1. The number of fused-ring (bicyclic) bond motifs is 2. The lowest BCUT2D eigenvalue weighted by Gasteiger charge is -2.35. The Kier molecular flexibility index (Phi) is 4.08. The Bertz CT molecular complexity index is 325. The molecule has 2 bridgehead atoms. The fraction of sp³-hybridized carbons (Fsp3) is 0.933. The highest BCUT2D eigenvalue weighted by Crippen LogP contribution is 2.44. The number of rotatable bonds is 4. The van der Waals surface area contributed by atoms with Crippen molar-refractivity contribution >= 4 is 5.91 Å². The first-order valence-electron chi connectivity index (χ1n) is 7.93. The quantitative estimate of drug-likeness (QED) is 0.796. The number of piperidine rings is 1. The standard InChI is InChI=1S/C15H27N3O/c1-16-15(19)10-18-6-4-13(5-7-18)17-14-9-11-2-3-12(14)8-11/h11-14,17H,2-10H2,1H3,(H,16,19). The molecule has 2 saturated carbocycles. The Balaban J connectivity index is 1.40. The second kappa shape index (κ2) is 5.80. The summed E-state index contributed by atoms with van der Waals surface area (Å²) < 4.78 is 0. The minimum absolute atomic E-state index is 0.138. The molecule has 4 nitrogen and oxygen atoms in total. The van der Waals surface area contributed by atoms with E-state index >= 15 is 0 Å². The Hall–Kier alpha value is -0.610. The van der Waals surface area contributed by atoms with Gasteiger partial charge >= 0.3 is 0 Å². The minimum atomic E-state index is 0.138. The van der Waals surface area contributed by atoms with Gasteiger partial charge < -0.3 is 10.6 Å². The van der Waals surface area contributed by atoms with Crippen LogP contribution in [0.4, 0.5) is 0 Å². The molecule has 0 spiro atoms. The van der Waals surface area contributed by atoms with Gasteiger partial charge in [0.1, 0.15) is 0 Å². The number of carbonyl (C=O) groups is 1. The summed E-state index contributed by atoms with van der Waals surface area (Å²) >= 11 is 0. The van der Waals surface area contributed by atoms with Crippen LogP contribution in [0.15, 0.2) is 0 Å². The van der Waals surface area contributed by atoms with E-state index < -0.39 is 0 Å². The molecule has 0 aromatic heterocycles. The van der Waals surface area contributed by atoms with E-state index in [-0.39, 0.29) is 5.91 Å². The number of carbonyl (C=O) groups excluding carboxylic acids is 1. The highest BCUT2D eigenvalue weighted by molar-refractivity contribution is 5.77. The molecular weight excluding hydrogens is 238 g/mol. The van der Waals surface area contributed by atoms with Gasteiger partial charge in [0.2, 0.25) is 5.91 Å². The van der Waals surface area contributed by atoms with Crippen LogP contribution in [0.25, 0.3) is 0 Å². The molecule has 3 fully saturated rings. The molecule has 3 unspecified atom stereocenters. The van der Waals surface area contributed by atoms with Crippen molar-refractivity contribution in [1.29, 1.82) is 0 Å². The maximum atomic E-state index is 11.4. The van der Waals surface area contributed by atoms with Crippen LogP contribution in [0, 0.1) is 11.8 Å². The third-order valence-corrected chi connectivity index (χ3v) is 5.42. The Morgan fingerprint density at radius 3 is 2.53 bits per heavy atom. The number of nitrogens with zero attached hydrogens (tertiary/aromatic N) is 1. The van der Waals surface area contributed by atoms with Crippen molar-refractivity contribution in [1.82, 2.24) is 15.5 Å². The second-order valence-corrected chi connectivity index (χ2v) is 6.67. The summed E-state index contributed by atoms with van der Waals surface area (Å²) in [5.74, 6) is 2.13. The molecule has 3 aliphatic rings. The maximum absolute atomic E-state index is 11.4. The average molecular weight is 265 g/mol. The zero-order valence-electron chi connectivity index (χ0n) is 12.0. The van der Waals surface area contributed by atoms with Crippen molar-refractivity contribution in [2.75, 3.05) is 26.7 Å². The molecule has 108 valence electrons. The number of likely N-dealkylation sites (N-methyl/N-ethyl adjacent to an activating group) is 1. The molecule has 1 amide bonds. The number of hydrogen-bond donors (Lipinski definition) is 2. The van der Waals surface area contributed by atoms with Crippen LogP contribution in [0.2, 0.25) is 0 Å². The third-order valence-electron chi connectivity index (χ3n) is 5.42. The first-order chi connectivity index (χ1) is 9.24. The minimum Gasteiger partial charge on any atom is -0.358 e. The second-order valence-electron chi connectivity index (χ2n) is 6.67. The molecule has 0 aromatic rings. The lowest BCUT2D eigenvalue weighted by atomic mass is 9.93. The number of nitrogens with one attached hydrogen (secondary N) is 2. The monoisotopic (exact) mass is 265 g/mol. The van der Waals surface area contributed by atoms with Crippen molar-refractivity contribution in [3.8, 4) is 0 Å². The van der Waals surface area contributed by atoms with Crippen LogP contribution in [0.5, 0.6) is 0 Å². The van der Waals surface area contributed by atoms with E-state index in [1.165, 1.54) is 38.5 Å². The van der Waals surface area contributed by atoms with Crippen LogP contribution in [-0.4, -0.2) is 49.6 Å². The third kappa shape index (κ3) is 3.11. The van der Waals surface area contributed by atoms with Crippen LogP contribution in [0.1, 0.15) is 38.5 Å². The van der Waals surface area contributed by atoms with Gasteiger partial charge in [-0.15, -0.1) is 0 Å².